The van der Waals surface area contributed by atoms with E-state index in [0.29, 0.717) is 12.8 Å². The maximum absolute atomic E-state index is 12.9. The maximum Gasteiger partial charge on any atom is 0.348 e. The van der Waals surface area contributed by atoms with Crippen molar-refractivity contribution in [3.63, 3.8) is 0 Å². The van der Waals surface area contributed by atoms with Gasteiger partial charge in [0.25, 0.3) is 0 Å². The number of aryl methyl sites for hydroxylation is 1. The number of nitrogens with zero attached hydrogens (tertiary/aromatic N) is 3. The minimum absolute atomic E-state index is 0.120. The van der Waals surface area contributed by atoms with Crippen LogP contribution in [-0.4, -0.2) is 25.0 Å². The number of aliphatic carboxylic acids is 1. The molecule has 1 N–H and O–H groups in total. The van der Waals surface area contributed by atoms with E-state index in [9.17, 15) is 14.4 Å². The minimum atomic E-state index is -1.14. The monoisotopic (exact) mass is 377 g/mol. The number of thiol groups is 1. The van der Waals surface area contributed by atoms with E-state index in [1.807, 2.05) is 30.3 Å². The van der Waals surface area contributed by atoms with Gasteiger partial charge in [-0.1, -0.05) is 43.2 Å². The molecule has 1 heterocycles. The summed E-state index contributed by atoms with van der Waals surface area (Å²) in [6, 6.07) is 9.64. The minimum Gasteiger partial charge on any atom is -0.480 e. The van der Waals surface area contributed by atoms with E-state index in [4.69, 9.17) is 5.11 Å². The molecule has 0 spiro atoms. The summed E-state index contributed by atoms with van der Waals surface area (Å²) < 4.78 is 3.49. The fourth-order valence-corrected chi connectivity index (χ4v) is 3.94. The fourth-order valence-electron chi connectivity index (χ4n) is 3.61. The van der Waals surface area contributed by atoms with Gasteiger partial charge in [-0.2, -0.15) is 12.6 Å². The molecule has 0 aliphatic heterocycles. The van der Waals surface area contributed by atoms with Gasteiger partial charge in [0.1, 0.15) is 6.54 Å². The highest BCUT2D eigenvalue weighted by molar-refractivity contribution is 7.80. The van der Waals surface area contributed by atoms with Gasteiger partial charge in [-0.15, -0.1) is 0 Å². The zero-order chi connectivity index (χ0) is 18.7. The third-order valence-corrected chi connectivity index (χ3v) is 5.37. The van der Waals surface area contributed by atoms with Crippen molar-refractivity contribution in [2.75, 3.05) is 0 Å². The Hall–Kier alpha value is -2.22. The quantitative estimate of drug-likeness (QED) is 0.724. The van der Waals surface area contributed by atoms with Gasteiger partial charge < -0.3 is 5.11 Å². The highest BCUT2D eigenvalue weighted by atomic mass is 32.1. The van der Waals surface area contributed by atoms with Crippen LogP contribution in [0.4, 0.5) is 0 Å². The van der Waals surface area contributed by atoms with Crippen LogP contribution in [0.5, 0.6) is 0 Å². The van der Waals surface area contributed by atoms with E-state index in [1.54, 1.807) is 0 Å². The fraction of sp³-hybridized carbons (Fsp3) is 0.500. The first-order chi connectivity index (χ1) is 12.5. The van der Waals surface area contributed by atoms with Crippen molar-refractivity contribution in [3.8, 4) is 0 Å². The summed E-state index contributed by atoms with van der Waals surface area (Å²) in [5.41, 5.74) is 0.0364. The highest BCUT2D eigenvalue weighted by Gasteiger charge is 2.28. The van der Waals surface area contributed by atoms with E-state index >= 15 is 0 Å². The molecule has 1 aromatic heterocycles. The van der Waals surface area contributed by atoms with Crippen LogP contribution in [-0.2, 0) is 17.8 Å². The molecule has 3 rings (SSSR count). The van der Waals surface area contributed by atoms with Crippen molar-refractivity contribution >= 4 is 18.6 Å². The number of benzene rings is 1. The Labute approximate surface area is 156 Å². The van der Waals surface area contributed by atoms with Crippen LogP contribution in [0.1, 0.15) is 49.1 Å². The van der Waals surface area contributed by atoms with E-state index < -0.39 is 29.3 Å². The number of aromatic nitrogens is 3. The first kappa shape index (κ1) is 18.6. The molecule has 26 heavy (non-hydrogen) atoms. The molecule has 1 saturated carbocycles. The summed E-state index contributed by atoms with van der Waals surface area (Å²) in [5.74, 6) is -1.14. The van der Waals surface area contributed by atoms with Crippen molar-refractivity contribution in [2.24, 2.45) is 0 Å². The average Bonchev–Trinajstić information content (AvgIpc) is 3.21. The molecule has 1 fully saturated rings. The van der Waals surface area contributed by atoms with E-state index in [1.165, 1.54) is 4.68 Å². The van der Waals surface area contributed by atoms with Gasteiger partial charge in [-0.25, -0.2) is 23.5 Å². The molecular formula is C18H23N3O4S. The second kappa shape index (κ2) is 7.99. The van der Waals surface area contributed by atoms with Crippen LogP contribution < -0.4 is 11.4 Å². The molecule has 1 unspecified atom stereocenters. The summed E-state index contributed by atoms with van der Waals surface area (Å²) in [7, 11) is 0. The zero-order valence-electron chi connectivity index (χ0n) is 14.5. The largest absolute Gasteiger partial charge is 0.480 e. The third-order valence-electron chi connectivity index (χ3n) is 4.88. The lowest BCUT2D eigenvalue weighted by molar-refractivity contribution is -0.138. The number of rotatable bonds is 7. The summed E-state index contributed by atoms with van der Waals surface area (Å²) in [6.07, 6.45) is 4.69. The molecule has 1 aliphatic carbocycles. The lowest BCUT2D eigenvalue weighted by atomic mass is 10.1. The molecule has 1 aliphatic rings. The SMILES string of the molecule is O=C(O)Cn1c(=O)n(C(S)CCc2ccccc2)c(=O)n1C1CCCC1. The lowest BCUT2D eigenvalue weighted by Gasteiger charge is -2.14. The van der Waals surface area contributed by atoms with Gasteiger partial charge >= 0.3 is 17.3 Å². The second-order valence-corrected chi connectivity index (χ2v) is 7.27. The predicted octanol–water partition coefficient (Wildman–Crippen LogP) is 2.07. The van der Waals surface area contributed by atoms with Gasteiger partial charge in [0.15, 0.2) is 0 Å². The molecule has 8 heteroatoms. The van der Waals surface area contributed by atoms with Crippen LogP contribution in [0, 0.1) is 0 Å². The maximum atomic E-state index is 12.9. The molecule has 140 valence electrons. The van der Waals surface area contributed by atoms with Crippen LogP contribution in [0.3, 0.4) is 0 Å². The van der Waals surface area contributed by atoms with Gasteiger partial charge in [0.05, 0.1) is 11.4 Å². The highest BCUT2D eigenvalue weighted by Crippen LogP contribution is 2.28. The van der Waals surface area contributed by atoms with Crippen LogP contribution in [0.2, 0.25) is 0 Å². The predicted molar refractivity (Wildman–Crippen MR) is 101 cm³/mol. The summed E-state index contributed by atoms with van der Waals surface area (Å²) in [4.78, 5) is 36.8. The Morgan fingerprint density at radius 1 is 1.15 bits per heavy atom. The Bertz CT molecular complexity index is 878. The molecule has 1 atom stereocenters. The third kappa shape index (κ3) is 3.80. The second-order valence-electron chi connectivity index (χ2n) is 6.67. The first-order valence-corrected chi connectivity index (χ1v) is 9.38. The van der Waals surface area contributed by atoms with Gasteiger partial charge in [-0.3, -0.25) is 4.79 Å². The normalized spacial score (nSPS) is 16.0. The summed E-state index contributed by atoms with van der Waals surface area (Å²) >= 11 is 4.47. The van der Waals surface area contributed by atoms with Crippen LogP contribution in [0.25, 0.3) is 0 Å². The van der Waals surface area contributed by atoms with Gasteiger partial charge in [-0.05, 0) is 31.2 Å². The molecule has 0 saturated heterocycles. The van der Waals surface area contributed by atoms with Crippen molar-refractivity contribution in [1.29, 1.82) is 0 Å². The average molecular weight is 377 g/mol. The molecule has 7 nitrogen and oxygen atoms in total. The smallest absolute Gasteiger partial charge is 0.348 e. The Balaban J connectivity index is 1.92. The first-order valence-electron chi connectivity index (χ1n) is 8.86. The molecular weight excluding hydrogens is 354 g/mol. The van der Waals surface area contributed by atoms with Crippen molar-refractivity contribution in [2.45, 2.75) is 56.5 Å². The standard InChI is InChI=1S/C18H23N3O4S/c22-16(23)12-19-17(24)20(18(25)21(19)14-8-4-5-9-14)15(26)11-10-13-6-2-1-3-7-13/h1-3,6-7,14-15,26H,4-5,8-12H2,(H,22,23). The Kier molecular flexibility index (Phi) is 5.70. The van der Waals surface area contributed by atoms with Crippen LogP contribution >= 0.6 is 12.6 Å². The van der Waals surface area contributed by atoms with Gasteiger partial charge in [0.2, 0.25) is 0 Å². The van der Waals surface area contributed by atoms with Crippen molar-refractivity contribution in [3.05, 3.63) is 56.9 Å². The Morgan fingerprint density at radius 2 is 1.81 bits per heavy atom. The molecule has 0 bridgehead atoms. The number of hydrogen-bond donors (Lipinski definition) is 2. The van der Waals surface area contributed by atoms with Crippen molar-refractivity contribution in [1.82, 2.24) is 13.9 Å². The Morgan fingerprint density at radius 3 is 2.42 bits per heavy atom. The van der Waals surface area contributed by atoms with Crippen LogP contribution in [0.15, 0.2) is 39.9 Å². The van der Waals surface area contributed by atoms with Gasteiger partial charge in [0, 0.05) is 0 Å². The number of carboxylic acid groups (broad SMARTS) is 1. The number of carboxylic acids is 1. The lowest BCUT2D eigenvalue weighted by Crippen LogP contribution is -2.32. The molecule has 2 aromatic rings. The van der Waals surface area contributed by atoms with E-state index in [0.717, 1.165) is 40.5 Å². The van der Waals surface area contributed by atoms with E-state index in [-0.39, 0.29) is 6.04 Å². The molecule has 1 aromatic carbocycles. The zero-order valence-corrected chi connectivity index (χ0v) is 15.3. The molecule has 0 amide bonds. The summed E-state index contributed by atoms with van der Waals surface area (Å²) in [5, 5.41) is 8.55. The molecule has 0 radical (unpaired) electrons. The topological polar surface area (TPSA) is 86.2 Å². The number of hydrogen-bond acceptors (Lipinski definition) is 4. The van der Waals surface area contributed by atoms with E-state index in [2.05, 4.69) is 12.6 Å². The number of carbonyl (C=O) groups is 1. The van der Waals surface area contributed by atoms with Crippen molar-refractivity contribution < 1.29 is 9.90 Å². The summed E-state index contributed by atoms with van der Waals surface area (Å²) in [6.45, 7) is -0.517.